The maximum atomic E-state index is 12.0. The maximum absolute atomic E-state index is 12.0. The number of ether oxygens (including phenoxy) is 1. The molecule has 0 aliphatic rings. The summed E-state index contributed by atoms with van der Waals surface area (Å²) in [4.78, 5) is 28.0. The minimum Gasteiger partial charge on any atom is -0.444 e. The fourth-order valence-electron chi connectivity index (χ4n) is 2.37. The monoisotopic (exact) mass is 405 g/mol. The van der Waals surface area contributed by atoms with Crippen molar-refractivity contribution >= 4 is 18.0 Å². The molecule has 8 heteroatoms. The molecule has 8 nitrogen and oxygen atoms in total. The molecule has 1 aromatic rings. The van der Waals surface area contributed by atoms with Crippen molar-refractivity contribution in [3.05, 3.63) is 35.4 Å². The molecule has 29 heavy (non-hydrogen) atoms. The summed E-state index contributed by atoms with van der Waals surface area (Å²) in [5.41, 5.74) is 0.576. The van der Waals surface area contributed by atoms with Crippen molar-refractivity contribution in [2.75, 3.05) is 20.1 Å². The summed E-state index contributed by atoms with van der Waals surface area (Å²) in [7, 11) is 1.68. The summed E-state index contributed by atoms with van der Waals surface area (Å²) >= 11 is 0. The van der Waals surface area contributed by atoms with Crippen LogP contribution in [0.4, 0.5) is 4.79 Å². The molecule has 4 N–H and O–H groups in total. The normalized spacial score (nSPS) is 12.2. The quantitative estimate of drug-likeness (QED) is 0.412. The van der Waals surface area contributed by atoms with Gasteiger partial charge >= 0.3 is 6.09 Å². The highest BCUT2D eigenvalue weighted by molar-refractivity contribution is 5.94. The van der Waals surface area contributed by atoms with Crippen molar-refractivity contribution in [3.63, 3.8) is 0 Å². The average Bonchev–Trinajstić information content (AvgIpc) is 2.60. The molecule has 0 unspecified atom stereocenters. The van der Waals surface area contributed by atoms with Crippen LogP contribution in [0, 0.1) is 0 Å². The summed E-state index contributed by atoms with van der Waals surface area (Å²) in [6.45, 7) is 12.8. The van der Waals surface area contributed by atoms with Gasteiger partial charge in [-0.25, -0.2) is 4.79 Å². The summed E-state index contributed by atoms with van der Waals surface area (Å²) < 4.78 is 5.30. The van der Waals surface area contributed by atoms with Crippen molar-refractivity contribution in [2.24, 2.45) is 4.99 Å². The molecular weight excluding hydrogens is 370 g/mol. The van der Waals surface area contributed by atoms with E-state index in [1.165, 1.54) is 0 Å². The SMILES string of the molecule is CCNC(=O)c1ccc(CNC(=NC)NCC(C)(C)NC(=O)OC(C)(C)C)cc1. The largest absolute Gasteiger partial charge is 0.444 e. The molecule has 0 atom stereocenters. The molecule has 162 valence electrons. The molecule has 0 spiro atoms. The van der Waals surface area contributed by atoms with E-state index >= 15 is 0 Å². The van der Waals surface area contributed by atoms with Gasteiger partial charge in [-0.3, -0.25) is 9.79 Å². The van der Waals surface area contributed by atoms with Gasteiger partial charge in [0.2, 0.25) is 0 Å². The van der Waals surface area contributed by atoms with Gasteiger partial charge in [0.25, 0.3) is 5.91 Å². The zero-order valence-corrected chi connectivity index (χ0v) is 18.6. The fourth-order valence-corrected chi connectivity index (χ4v) is 2.37. The van der Waals surface area contributed by atoms with Gasteiger partial charge in [0.05, 0.1) is 5.54 Å². The highest BCUT2D eigenvalue weighted by atomic mass is 16.6. The first-order valence-electron chi connectivity index (χ1n) is 9.78. The number of hydrogen-bond acceptors (Lipinski definition) is 4. The number of nitrogens with zero attached hydrogens (tertiary/aromatic N) is 1. The second kappa shape index (κ2) is 10.7. The lowest BCUT2D eigenvalue weighted by atomic mass is 10.1. The Labute approximate surface area is 173 Å². The van der Waals surface area contributed by atoms with E-state index in [4.69, 9.17) is 4.74 Å². The van der Waals surface area contributed by atoms with Crippen LogP contribution in [-0.2, 0) is 11.3 Å². The van der Waals surface area contributed by atoms with Crippen LogP contribution in [0.25, 0.3) is 0 Å². The fraction of sp³-hybridized carbons (Fsp3) is 0.571. The van der Waals surface area contributed by atoms with E-state index in [9.17, 15) is 9.59 Å². The minimum atomic E-state index is -0.544. The Balaban J connectivity index is 2.52. The van der Waals surface area contributed by atoms with E-state index in [-0.39, 0.29) is 5.91 Å². The Morgan fingerprint density at radius 1 is 1.00 bits per heavy atom. The molecule has 0 radical (unpaired) electrons. The molecule has 0 aliphatic heterocycles. The number of hydrogen-bond donors (Lipinski definition) is 4. The minimum absolute atomic E-state index is 0.0794. The number of amides is 2. The number of alkyl carbamates (subject to hydrolysis) is 1. The highest BCUT2D eigenvalue weighted by Crippen LogP contribution is 2.09. The van der Waals surface area contributed by atoms with E-state index in [0.29, 0.717) is 31.2 Å². The van der Waals surface area contributed by atoms with Gasteiger partial charge in [0.15, 0.2) is 5.96 Å². The second-order valence-electron chi connectivity index (χ2n) is 8.35. The lowest BCUT2D eigenvalue weighted by molar-refractivity contribution is 0.0473. The van der Waals surface area contributed by atoms with Crippen LogP contribution in [0.15, 0.2) is 29.3 Å². The van der Waals surface area contributed by atoms with Gasteiger partial charge in [-0.1, -0.05) is 12.1 Å². The first-order chi connectivity index (χ1) is 13.5. The molecule has 2 amide bonds. The first kappa shape index (κ1) is 24.3. The third kappa shape index (κ3) is 9.82. The Kier molecular flexibility index (Phi) is 8.94. The molecule has 1 aromatic carbocycles. The summed E-state index contributed by atoms with van der Waals surface area (Å²) in [5.74, 6) is 0.529. The van der Waals surface area contributed by atoms with Gasteiger partial charge < -0.3 is 26.0 Å². The summed E-state index contributed by atoms with van der Waals surface area (Å²) in [6.07, 6.45) is -0.459. The third-order valence-electron chi connectivity index (χ3n) is 3.77. The predicted octanol–water partition coefficient (Wildman–Crippen LogP) is 2.40. The number of rotatable bonds is 7. The maximum Gasteiger partial charge on any atom is 0.408 e. The Morgan fingerprint density at radius 2 is 1.62 bits per heavy atom. The molecular formula is C21H35N5O3. The highest BCUT2D eigenvalue weighted by Gasteiger charge is 2.24. The number of carbonyl (C=O) groups excluding carboxylic acids is 2. The zero-order chi connectivity index (χ0) is 22.1. The van der Waals surface area contributed by atoms with Crippen LogP contribution in [0.5, 0.6) is 0 Å². The van der Waals surface area contributed by atoms with Crippen LogP contribution in [0.2, 0.25) is 0 Å². The van der Waals surface area contributed by atoms with Crippen molar-refractivity contribution < 1.29 is 14.3 Å². The van der Waals surface area contributed by atoms with Crippen molar-refractivity contribution in [1.29, 1.82) is 0 Å². The Morgan fingerprint density at radius 3 is 2.14 bits per heavy atom. The van der Waals surface area contributed by atoms with E-state index < -0.39 is 17.2 Å². The van der Waals surface area contributed by atoms with Crippen molar-refractivity contribution in [2.45, 2.75) is 59.2 Å². The molecule has 1 rings (SSSR count). The van der Waals surface area contributed by atoms with Crippen LogP contribution in [0.3, 0.4) is 0 Å². The van der Waals surface area contributed by atoms with E-state index in [1.807, 2.05) is 53.7 Å². The van der Waals surface area contributed by atoms with Gasteiger partial charge in [-0.2, -0.15) is 0 Å². The van der Waals surface area contributed by atoms with Gasteiger partial charge in [-0.05, 0) is 59.2 Å². The zero-order valence-electron chi connectivity index (χ0n) is 18.6. The summed E-state index contributed by atoms with van der Waals surface area (Å²) in [6, 6.07) is 7.40. The first-order valence-corrected chi connectivity index (χ1v) is 9.78. The average molecular weight is 406 g/mol. The molecule has 0 heterocycles. The second-order valence-corrected chi connectivity index (χ2v) is 8.35. The lowest BCUT2D eigenvalue weighted by Gasteiger charge is -2.29. The van der Waals surface area contributed by atoms with Gasteiger partial charge in [0.1, 0.15) is 5.60 Å². The number of benzene rings is 1. The van der Waals surface area contributed by atoms with E-state index in [2.05, 4.69) is 26.3 Å². The number of guanidine groups is 1. The van der Waals surface area contributed by atoms with Gasteiger partial charge in [0, 0.05) is 32.2 Å². The smallest absolute Gasteiger partial charge is 0.408 e. The Bertz CT molecular complexity index is 706. The Hall–Kier alpha value is -2.77. The molecule has 0 aliphatic carbocycles. The van der Waals surface area contributed by atoms with Crippen LogP contribution >= 0.6 is 0 Å². The van der Waals surface area contributed by atoms with Crippen LogP contribution in [0.1, 0.15) is 57.5 Å². The van der Waals surface area contributed by atoms with E-state index in [1.54, 1.807) is 19.2 Å². The van der Waals surface area contributed by atoms with Crippen molar-refractivity contribution in [1.82, 2.24) is 21.3 Å². The lowest BCUT2D eigenvalue weighted by Crippen LogP contribution is -2.54. The molecule has 0 aromatic heterocycles. The molecule has 0 saturated heterocycles. The molecule has 0 saturated carbocycles. The van der Waals surface area contributed by atoms with Crippen LogP contribution in [-0.4, -0.2) is 49.2 Å². The number of nitrogens with one attached hydrogen (secondary N) is 4. The topological polar surface area (TPSA) is 104 Å². The number of aliphatic imine (C=N–C) groups is 1. The predicted molar refractivity (Wildman–Crippen MR) is 116 cm³/mol. The van der Waals surface area contributed by atoms with E-state index in [0.717, 1.165) is 5.56 Å². The van der Waals surface area contributed by atoms with Crippen LogP contribution < -0.4 is 21.3 Å². The molecule has 0 bridgehead atoms. The third-order valence-corrected chi connectivity index (χ3v) is 3.77. The standard InChI is InChI=1S/C21H35N5O3/c1-8-23-17(27)16-11-9-15(10-12-16)13-24-18(22-7)25-14-21(5,6)26-19(28)29-20(2,3)4/h9-12H,8,13-14H2,1-7H3,(H,23,27)(H,26,28)(H2,22,24,25). The van der Waals surface area contributed by atoms with Crippen molar-refractivity contribution in [3.8, 4) is 0 Å². The summed E-state index contributed by atoms with van der Waals surface area (Å²) in [5, 5.41) is 12.0. The molecule has 0 fully saturated rings. The van der Waals surface area contributed by atoms with Gasteiger partial charge in [-0.15, -0.1) is 0 Å². The number of carbonyl (C=O) groups is 2.